The topological polar surface area (TPSA) is 52.7 Å². The van der Waals surface area contributed by atoms with Gasteiger partial charge >= 0.3 is 0 Å². The summed E-state index contributed by atoms with van der Waals surface area (Å²) >= 11 is 0. The van der Waals surface area contributed by atoms with E-state index >= 15 is 0 Å². The molecule has 3 aromatic rings. The lowest BCUT2D eigenvalue weighted by atomic mass is 10.1. The van der Waals surface area contributed by atoms with E-state index in [1.54, 1.807) is 30.3 Å². The summed E-state index contributed by atoms with van der Waals surface area (Å²) in [5, 5.41) is 2.81. The summed E-state index contributed by atoms with van der Waals surface area (Å²) in [4.78, 5) is 29.0. The van der Waals surface area contributed by atoms with E-state index in [4.69, 9.17) is 0 Å². The van der Waals surface area contributed by atoms with Crippen molar-refractivity contribution in [3.63, 3.8) is 0 Å². The maximum atomic E-state index is 14.2. The third kappa shape index (κ3) is 6.40. The van der Waals surface area contributed by atoms with Crippen LogP contribution in [0.1, 0.15) is 11.1 Å². The summed E-state index contributed by atoms with van der Waals surface area (Å²) in [5.74, 6) is -0.984. The molecule has 31 heavy (non-hydrogen) atoms. The number of carbonyl (C=O) groups is 2. The standard InChI is InChI=1S/C25H26FN3O2/c1-28(2)22-14-12-21(13-15-22)27-24(30)18-29(17-20-10-6-7-11-23(20)26)25(31)16-19-8-4-3-5-9-19/h3-15H,16-18H2,1-2H3,(H,27,30). The number of amides is 2. The van der Waals surface area contributed by atoms with Gasteiger partial charge in [0, 0.05) is 37.6 Å². The highest BCUT2D eigenvalue weighted by atomic mass is 19.1. The van der Waals surface area contributed by atoms with Crippen LogP contribution in [0, 0.1) is 5.82 Å². The van der Waals surface area contributed by atoms with Crippen molar-refractivity contribution in [2.45, 2.75) is 13.0 Å². The number of carbonyl (C=O) groups excluding carboxylic acids is 2. The van der Waals surface area contributed by atoms with E-state index in [9.17, 15) is 14.0 Å². The fourth-order valence-electron chi connectivity index (χ4n) is 3.16. The van der Waals surface area contributed by atoms with Crippen LogP contribution in [0.15, 0.2) is 78.9 Å². The fourth-order valence-corrected chi connectivity index (χ4v) is 3.16. The molecule has 0 aliphatic rings. The minimum absolute atomic E-state index is 0.0192. The molecule has 0 aliphatic carbocycles. The van der Waals surface area contributed by atoms with Crippen LogP contribution in [-0.2, 0) is 22.6 Å². The van der Waals surface area contributed by atoms with E-state index in [1.807, 2.05) is 61.5 Å². The van der Waals surface area contributed by atoms with E-state index in [-0.39, 0.29) is 31.3 Å². The number of rotatable bonds is 8. The Labute approximate surface area is 182 Å². The van der Waals surface area contributed by atoms with Crippen molar-refractivity contribution < 1.29 is 14.0 Å². The molecule has 0 bridgehead atoms. The van der Waals surface area contributed by atoms with Gasteiger partial charge in [-0.3, -0.25) is 9.59 Å². The van der Waals surface area contributed by atoms with Crippen molar-refractivity contribution in [1.82, 2.24) is 4.90 Å². The minimum Gasteiger partial charge on any atom is -0.378 e. The zero-order chi connectivity index (χ0) is 22.2. The van der Waals surface area contributed by atoms with Crippen molar-refractivity contribution in [2.75, 3.05) is 30.9 Å². The van der Waals surface area contributed by atoms with Gasteiger partial charge in [0.2, 0.25) is 11.8 Å². The monoisotopic (exact) mass is 419 g/mol. The second-order valence-electron chi connectivity index (χ2n) is 7.49. The van der Waals surface area contributed by atoms with E-state index in [1.165, 1.54) is 11.0 Å². The molecular weight excluding hydrogens is 393 g/mol. The van der Waals surface area contributed by atoms with Gasteiger partial charge < -0.3 is 15.1 Å². The number of nitrogens with one attached hydrogen (secondary N) is 1. The second kappa shape index (κ2) is 10.4. The molecule has 0 aliphatic heterocycles. The summed E-state index contributed by atoms with van der Waals surface area (Å²) in [6.45, 7) is -0.152. The normalized spacial score (nSPS) is 10.4. The Morgan fingerprint density at radius 1 is 0.871 bits per heavy atom. The van der Waals surface area contributed by atoms with E-state index in [0.29, 0.717) is 11.3 Å². The van der Waals surface area contributed by atoms with Gasteiger partial charge in [-0.15, -0.1) is 0 Å². The number of benzene rings is 3. The molecule has 3 aromatic carbocycles. The zero-order valence-electron chi connectivity index (χ0n) is 17.7. The van der Waals surface area contributed by atoms with Gasteiger partial charge in [-0.05, 0) is 35.9 Å². The fraction of sp³-hybridized carbons (Fsp3) is 0.200. The average Bonchev–Trinajstić information content (AvgIpc) is 2.76. The number of halogens is 1. The molecule has 0 saturated carbocycles. The van der Waals surface area contributed by atoms with E-state index in [0.717, 1.165) is 11.3 Å². The van der Waals surface area contributed by atoms with Crippen LogP contribution in [-0.4, -0.2) is 37.4 Å². The average molecular weight is 420 g/mol. The van der Waals surface area contributed by atoms with Gasteiger partial charge in [0.25, 0.3) is 0 Å². The van der Waals surface area contributed by atoms with Gasteiger partial charge in [-0.25, -0.2) is 4.39 Å². The third-order valence-electron chi connectivity index (χ3n) is 4.87. The molecule has 1 N–H and O–H groups in total. The number of nitrogens with zero attached hydrogens (tertiary/aromatic N) is 2. The quantitative estimate of drug-likeness (QED) is 0.598. The SMILES string of the molecule is CN(C)c1ccc(NC(=O)CN(Cc2ccccc2F)C(=O)Cc2ccccc2)cc1. The van der Waals surface area contributed by atoms with E-state index in [2.05, 4.69) is 5.32 Å². The highest BCUT2D eigenvalue weighted by Crippen LogP contribution is 2.16. The molecule has 3 rings (SSSR count). The molecule has 0 aromatic heterocycles. The summed E-state index contributed by atoms with van der Waals surface area (Å²) in [7, 11) is 3.87. The Hall–Kier alpha value is -3.67. The van der Waals surface area contributed by atoms with Crippen LogP contribution in [0.2, 0.25) is 0 Å². The predicted octanol–water partition coefficient (Wildman–Crippen LogP) is 4.10. The third-order valence-corrected chi connectivity index (χ3v) is 4.87. The summed E-state index contributed by atoms with van der Waals surface area (Å²) < 4.78 is 14.2. The molecule has 2 amide bonds. The van der Waals surface area contributed by atoms with Crippen molar-refractivity contribution in [1.29, 1.82) is 0 Å². The maximum Gasteiger partial charge on any atom is 0.244 e. The molecule has 160 valence electrons. The molecule has 0 saturated heterocycles. The van der Waals surface area contributed by atoms with Crippen LogP contribution in [0.4, 0.5) is 15.8 Å². The minimum atomic E-state index is -0.403. The molecular formula is C25H26FN3O2. The second-order valence-corrected chi connectivity index (χ2v) is 7.49. The first-order valence-electron chi connectivity index (χ1n) is 10.0. The highest BCUT2D eigenvalue weighted by molar-refractivity contribution is 5.95. The highest BCUT2D eigenvalue weighted by Gasteiger charge is 2.19. The molecule has 6 heteroatoms. The number of hydrogen-bond donors (Lipinski definition) is 1. The molecule has 0 spiro atoms. The number of hydrogen-bond acceptors (Lipinski definition) is 3. The van der Waals surface area contributed by atoms with Crippen molar-refractivity contribution in [3.8, 4) is 0 Å². The molecule has 0 unspecified atom stereocenters. The molecule has 0 heterocycles. The van der Waals surface area contributed by atoms with E-state index < -0.39 is 5.82 Å². The smallest absolute Gasteiger partial charge is 0.244 e. The molecule has 0 atom stereocenters. The first-order chi connectivity index (χ1) is 14.9. The van der Waals surface area contributed by atoms with Gasteiger partial charge in [0.05, 0.1) is 6.42 Å². The Morgan fingerprint density at radius 2 is 1.52 bits per heavy atom. The molecule has 0 radical (unpaired) electrons. The largest absolute Gasteiger partial charge is 0.378 e. The predicted molar refractivity (Wildman–Crippen MR) is 121 cm³/mol. The van der Waals surface area contributed by atoms with Crippen LogP contribution < -0.4 is 10.2 Å². The zero-order valence-corrected chi connectivity index (χ0v) is 17.7. The maximum absolute atomic E-state index is 14.2. The van der Waals surface area contributed by atoms with Crippen LogP contribution >= 0.6 is 0 Å². The van der Waals surface area contributed by atoms with Crippen molar-refractivity contribution in [3.05, 3.63) is 95.8 Å². The summed E-state index contributed by atoms with van der Waals surface area (Å²) in [5.41, 5.74) is 2.85. The molecule has 5 nitrogen and oxygen atoms in total. The lowest BCUT2D eigenvalue weighted by molar-refractivity contribution is -0.134. The van der Waals surface area contributed by atoms with Gasteiger partial charge in [-0.1, -0.05) is 48.5 Å². The Kier molecular flexibility index (Phi) is 7.38. The van der Waals surface area contributed by atoms with Gasteiger partial charge in [0.1, 0.15) is 12.4 Å². The van der Waals surface area contributed by atoms with Crippen LogP contribution in [0.3, 0.4) is 0 Å². The lowest BCUT2D eigenvalue weighted by Crippen LogP contribution is -2.38. The Balaban J connectivity index is 1.72. The molecule has 0 fully saturated rings. The Bertz CT molecular complexity index is 1020. The van der Waals surface area contributed by atoms with Crippen LogP contribution in [0.25, 0.3) is 0 Å². The van der Waals surface area contributed by atoms with Gasteiger partial charge in [0.15, 0.2) is 0 Å². The number of anilines is 2. The van der Waals surface area contributed by atoms with Crippen molar-refractivity contribution >= 4 is 23.2 Å². The van der Waals surface area contributed by atoms with Gasteiger partial charge in [-0.2, -0.15) is 0 Å². The first kappa shape index (κ1) is 22.0. The van der Waals surface area contributed by atoms with Crippen molar-refractivity contribution in [2.24, 2.45) is 0 Å². The first-order valence-corrected chi connectivity index (χ1v) is 10.0. The lowest BCUT2D eigenvalue weighted by Gasteiger charge is -2.23. The summed E-state index contributed by atoms with van der Waals surface area (Å²) in [6.07, 6.45) is 0.139. The van der Waals surface area contributed by atoms with Crippen LogP contribution in [0.5, 0.6) is 0 Å². The Morgan fingerprint density at radius 3 is 2.16 bits per heavy atom. The summed E-state index contributed by atoms with van der Waals surface area (Å²) in [6, 6.07) is 23.0.